The van der Waals surface area contributed by atoms with Crippen molar-refractivity contribution in [3.05, 3.63) is 42.1 Å². The van der Waals surface area contributed by atoms with Crippen LogP contribution in [0, 0.1) is 6.92 Å². The van der Waals surface area contributed by atoms with Gasteiger partial charge in [0.15, 0.2) is 0 Å². The van der Waals surface area contributed by atoms with Crippen LogP contribution in [0.25, 0.3) is 20.7 Å². The number of fused-ring (bicyclic) bond motifs is 1. The minimum atomic E-state index is 0.582. The molecule has 1 atom stereocenters. The van der Waals surface area contributed by atoms with E-state index in [9.17, 15) is 0 Å². The van der Waals surface area contributed by atoms with Gasteiger partial charge >= 0.3 is 0 Å². The molecule has 1 aromatic carbocycles. The molecule has 0 spiro atoms. The van der Waals surface area contributed by atoms with Crippen molar-refractivity contribution in [2.24, 2.45) is 0 Å². The molecule has 0 radical (unpaired) electrons. The van der Waals surface area contributed by atoms with Crippen molar-refractivity contribution in [2.45, 2.75) is 19.9 Å². The van der Waals surface area contributed by atoms with Crippen LogP contribution in [0.15, 0.2) is 36.5 Å². The van der Waals surface area contributed by atoms with Crippen LogP contribution in [0.3, 0.4) is 0 Å². The van der Waals surface area contributed by atoms with E-state index in [1.54, 1.807) is 11.3 Å². The lowest BCUT2D eigenvalue weighted by molar-refractivity contribution is 0.180. The maximum absolute atomic E-state index is 4.80. The van der Waals surface area contributed by atoms with Gasteiger partial charge in [0.05, 0.1) is 10.6 Å². The second-order valence-electron chi connectivity index (χ2n) is 6.89. The molecule has 5 nitrogen and oxygen atoms in total. The molecule has 1 aliphatic heterocycles. The van der Waals surface area contributed by atoms with Gasteiger partial charge in [0.25, 0.3) is 0 Å². The maximum atomic E-state index is 4.80. The molecular weight excluding hydrogens is 342 g/mol. The van der Waals surface area contributed by atoms with Crippen LogP contribution in [-0.2, 0) is 0 Å². The van der Waals surface area contributed by atoms with Gasteiger partial charge in [0.2, 0.25) is 5.95 Å². The number of nitrogens with one attached hydrogen (secondary N) is 2. The van der Waals surface area contributed by atoms with E-state index in [1.807, 2.05) is 6.20 Å². The molecule has 3 aromatic rings. The van der Waals surface area contributed by atoms with E-state index in [-0.39, 0.29) is 0 Å². The summed E-state index contributed by atoms with van der Waals surface area (Å²) in [6.45, 7) is 9.46. The number of hydrogen-bond donors (Lipinski definition) is 2. The van der Waals surface area contributed by atoms with Crippen molar-refractivity contribution in [3.8, 4) is 10.6 Å². The minimum Gasteiger partial charge on any atom is -0.353 e. The third kappa shape index (κ3) is 3.72. The van der Waals surface area contributed by atoms with Gasteiger partial charge in [-0.05, 0) is 36.9 Å². The molecule has 0 amide bonds. The van der Waals surface area contributed by atoms with E-state index in [4.69, 9.17) is 4.98 Å². The summed E-state index contributed by atoms with van der Waals surface area (Å²) in [7, 11) is 0. The number of piperazine rings is 1. The van der Waals surface area contributed by atoms with Crippen LogP contribution in [0.5, 0.6) is 0 Å². The Balaban J connectivity index is 1.47. The van der Waals surface area contributed by atoms with Gasteiger partial charge in [-0.3, -0.25) is 4.90 Å². The van der Waals surface area contributed by atoms with Gasteiger partial charge in [0.1, 0.15) is 0 Å². The van der Waals surface area contributed by atoms with Gasteiger partial charge < -0.3 is 10.6 Å². The number of anilines is 1. The molecule has 136 valence electrons. The molecule has 0 bridgehead atoms. The van der Waals surface area contributed by atoms with E-state index >= 15 is 0 Å². The number of thiophene rings is 1. The van der Waals surface area contributed by atoms with E-state index in [0.717, 1.165) is 44.0 Å². The van der Waals surface area contributed by atoms with Crippen molar-refractivity contribution in [2.75, 3.05) is 38.0 Å². The van der Waals surface area contributed by atoms with E-state index in [1.165, 1.54) is 15.0 Å². The first-order valence-corrected chi connectivity index (χ1v) is 10.0. The first-order valence-electron chi connectivity index (χ1n) is 9.22. The van der Waals surface area contributed by atoms with Gasteiger partial charge in [-0.25, -0.2) is 9.97 Å². The number of nitrogens with zero attached hydrogens (tertiary/aromatic N) is 3. The van der Waals surface area contributed by atoms with Crippen molar-refractivity contribution in [1.82, 2.24) is 20.2 Å². The lowest BCUT2D eigenvalue weighted by atomic mass is 10.2. The van der Waals surface area contributed by atoms with Crippen LogP contribution in [0.2, 0.25) is 0 Å². The zero-order valence-electron chi connectivity index (χ0n) is 15.3. The molecule has 4 rings (SSSR count). The molecule has 0 aliphatic carbocycles. The highest BCUT2D eigenvalue weighted by molar-refractivity contribution is 7.22. The highest BCUT2D eigenvalue weighted by Crippen LogP contribution is 2.34. The average Bonchev–Trinajstić information content (AvgIpc) is 3.08. The summed E-state index contributed by atoms with van der Waals surface area (Å²) in [6, 6.07) is 11.3. The lowest BCUT2D eigenvalue weighted by Crippen LogP contribution is -2.50. The quantitative estimate of drug-likeness (QED) is 0.724. The SMILES string of the molecule is Cc1cnc(NCCN2CCNCC2C)nc1-c1cc2ccccc2s1. The Kier molecular flexibility index (Phi) is 5.15. The summed E-state index contributed by atoms with van der Waals surface area (Å²) in [5.74, 6) is 0.714. The van der Waals surface area contributed by atoms with Crippen molar-refractivity contribution in [1.29, 1.82) is 0 Å². The first kappa shape index (κ1) is 17.4. The van der Waals surface area contributed by atoms with Gasteiger partial charge in [0, 0.05) is 49.7 Å². The summed E-state index contributed by atoms with van der Waals surface area (Å²) >= 11 is 1.79. The molecule has 1 saturated heterocycles. The third-order valence-electron chi connectivity index (χ3n) is 4.95. The topological polar surface area (TPSA) is 53.1 Å². The molecule has 6 heteroatoms. The van der Waals surface area contributed by atoms with Crippen LogP contribution in [-0.4, -0.2) is 53.6 Å². The van der Waals surface area contributed by atoms with Crippen LogP contribution < -0.4 is 10.6 Å². The Morgan fingerprint density at radius 2 is 2.23 bits per heavy atom. The van der Waals surface area contributed by atoms with Gasteiger partial charge in [-0.1, -0.05) is 18.2 Å². The van der Waals surface area contributed by atoms with E-state index in [2.05, 4.69) is 64.7 Å². The van der Waals surface area contributed by atoms with Crippen molar-refractivity contribution >= 4 is 27.4 Å². The fraction of sp³-hybridized carbons (Fsp3) is 0.400. The predicted octanol–water partition coefficient (Wildman–Crippen LogP) is 3.37. The monoisotopic (exact) mass is 367 g/mol. The van der Waals surface area contributed by atoms with Crippen molar-refractivity contribution < 1.29 is 0 Å². The summed E-state index contributed by atoms with van der Waals surface area (Å²) in [5, 5.41) is 8.10. The Morgan fingerprint density at radius 1 is 1.35 bits per heavy atom. The largest absolute Gasteiger partial charge is 0.353 e. The Hall–Kier alpha value is -2.02. The molecule has 1 fully saturated rings. The molecule has 3 heterocycles. The van der Waals surface area contributed by atoms with Gasteiger partial charge in [-0.2, -0.15) is 0 Å². The number of aromatic nitrogens is 2. The minimum absolute atomic E-state index is 0.582. The maximum Gasteiger partial charge on any atom is 0.223 e. The summed E-state index contributed by atoms with van der Waals surface area (Å²) in [5.41, 5.74) is 2.14. The second-order valence-corrected chi connectivity index (χ2v) is 7.97. The summed E-state index contributed by atoms with van der Waals surface area (Å²) in [6.07, 6.45) is 1.92. The molecular formula is C20H25N5S. The summed E-state index contributed by atoms with van der Waals surface area (Å²) < 4.78 is 1.29. The highest BCUT2D eigenvalue weighted by atomic mass is 32.1. The fourth-order valence-corrected chi connectivity index (χ4v) is 4.52. The first-order chi connectivity index (χ1) is 12.7. The smallest absolute Gasteiger partial charge is 0.223 e. The Labute approximate surface area is 158 Å². The fourth-order valence-electron chi connectivity index (χ4n) is 3.40. The highest BCUT2D eigenvalue weighted by Gasteiger charge is 2.17. The van der Waals surface area contributed by atoms with Crippen molar-refractivity contribution in [3.63, 3.8) is 0 Å². The van der Waals surface area contributed by atoms with Crippen LogP contribution >= 0.6 is 11.3 Å². The normalized spacial score (nSPS) is 18.3. The number of rotatable bonds is 5. The standard InChI is InChI=1S/C20H25N5S/c1-14-12-23-20(22-8-10-25-9-7-21-13-15(25)2)24-19(14)18-11-16-5-3-4-6-17(16)26-18/h3-6,11-12,15,21H,7-10,13H2,1-2H3,(H,22,23,24). The molecule has 26 heavy (non-hydrogen) atoms. The Morgan fingerprint density at radius 3 is 3.08 bits per heavy atom. The Bertz CT molecular complexity index is 858. The zero-order chi connectivity index (χ0) is 17.9. The third-order valence-corrected chi connectivity index (χ3v) is 6.07. The molecule has 2 N–H and O–H groups in total. The second kappa shape index (κ2) is 7.70. The van der Waals surface area contributed by atoms with Crippen LogP contribution in [0.4, 0.5) is 5.95 Å². The summed E-state index contributed by atoms with van der Waals surface area (Å²) in [4.78, 5) is 13.0. The predicted molar refractivity (Wildman–Crippen MR) is 110 cm³/mol. The number of benzene rings is 1. The number of aryl methyl sites for hydroxylation is 1. The lowest BCUT2D eigenvalue weighted by Gasteiger charge is -2.33. The van der Waals surface area contributed by atoms with Gasteiger partial charge in [-0.15, -0.1) is 11.3 Å². The molecule has 2 aromatic heterocycles. The van der Waals surface area contributed by atoms with Crippen LogP contribution in [0.1, 0.15) is 12.5 Å². The molecule has 0 saturated carbocycles. The number of hydrogen-bond acceptors (Lipinski definition) is 6. The molecule has 1 aliphatic rings. The molecule has 1 unspecified atom stereocenters. The van der Waals surface area contributed by atoms with E-state index < -0.39 is 0 Å². The zero-order valence-corrected chi connectivity index (χ0v) is 16.1. The average molecular weight is 368 g/mol. The van der Waals surface area contributed by atoms with E-state index in [0.29, 0.717) is 12.0 Å².